The zero-order valence-electron chi connectivity index (χ0n) is 28.8. The van der Waals surface area contributed by atoms with Gasteiger partial charge in [-0.25, -0.2) is 0 Å². The van der Waals surface area contributed by atoms with Gasteiger partial charge in [0.15, 0.2) is 0 Å². The molecule has 0 fully saturated rings. The van der Waals surface area contributed by atoms with Crippen molar-refractivity contribution in [2.45, 2.75) is 0 Å². The number of thiophene rings is 1. The van der Waals surface area contributed by atoms with Crippen molar-refractivity contribution in [3.8, 4) is 16.8 Å². The van der Waals surface area contributed by atoms with E-state index in [0.717, 1.165) is 22.7 Å². The molecule has 0 aliphatic heterocycles. The van der Waals surface area contributed by atoms with Crippen molar-refractivity contribution < 1.29 is 0 Å². The average molecular weight is 693 g/mol. The van der Waals surface area contributed by atoms with E-state index in [-0.39, 0.29) is 0 Å². The summed E-state index contributed by atoms with van der Waals surface area (Å²) in [5, 5.41) is 10.1. The zero-order valence-corrected chi connectivity index (χ0v) is 29.6. The van der Waals surface area contributed by atoms with E-state index in [4.69, 9.17) is 0 Å². The Labute approximate surface area is 311 Å². The van der Waals surface area contributed by atoms with Crippen LogP contribution in [0.25, 0.3) is 80.3 Å². The number of benzene rings is 9. The predicted octanol–water partition coefficient (Wildman–Crippen LogP) is 14.6. The van der Waals surface area contributed by atoms with Gasteiger partial charge < -0.3 is 9.47 Å². The van der Waals surface area contributed by atoms with Gasteiger partial charge in [-0.1, -0.05) is 115 Å². The summed E-state index contributed by atoms with van der Waals surface area (Å²) in [6.07, 6.45) is 0. The van der Waals surface area contributed by atoms with Crippen molar-refractivity contribution in [2.75, 3.05) is 4.90 Å². The van der Waals surface area contributed by atoms with E-state index in [2.05, 4.69) is 204 Å². The lowest BCUT2D eigenvalue weighted by molar-refractivity contribution is 1.17. The largest absolute Gasteiger partial charge is 0.310 e. The first-order valence-corrected chi connectivity index (χ1v) is 18.9. The third-order valence-electron chi connectivity index (χ3n) is 10.8. The molecule has 0 atom stereocenters. The van der Waals surface area contributed by atoms with Crippen molar-refractivity contribution in [1.82, 2.24) is 4.57 Å². The second-order valence-electron chi connectivity index (χ2n) is 13.8. The van der Waals surface area contributed by atoms with E-state index in [1.807, 2.05) is 11.3 Å². The Morgan fingerprint density at radius 2 is 0.962 bits per heavy atom. The fourth-order valence-electron chi connectivity index (χ4n) is 8.25. The molecule has 9 aromatic carbocycles. The molecule has 2 nitrogen and oxygen atoms in total. The van der Waals surface area contributed by atoms with Crippen LogP contribution in [-0.2, 0) is 0 Å². The fraction of sp³-hybridized carbons (Fsp3) is 0. The minimum atomic E-state index is 1.11. The van der Waals surface area contributed by atoms with E-state index in [0.29, 0.717) is 0 Å². The molecule has 0 spiro atoms. The van der Waals surface area contributed by atoms with E-state index in [9.17, 15) is 0 Å². The van der Waals surface area contributed by atoms with E-state index < -0.39 is 0 Å². The molecule has 248 valence electrons. The Kier molecular flexibility index (Phi) is 6.76. The summed E-state index contributed by atoms with van der Waals surface area (Å²) >= 11 is 1.86. The van der Waals surface area contributed by atoms with Crippen LogP contribution in [-0.4, -0.2) is 4.57 Å². The Bertz CT molecular complexity index is 3160. The van der Waals surface area contributed by atoms with Gasteiger partial charge in [-0.05, 0) is 112 Å². The SMILES string of the molecule is c1ccc2cc3c(cc2c1)c1ccccc1n3-c1ccc(N(c2ccc(-c3cccc4ccccc34)cc2)c2ccc3sc4ccccc4c3c2)cc1. The summed E-state index contributed by atoms with van der Waals surface area (Å²) < 4.78 is 5.03. The first-order valence-electron chi connectivity index (χ1n) is 18.1. The molecule has 11 aromatic rings. The summed E-state index contributed by atoms with van der Waals surface area (Å²) in [4.78, 5) is 2.39. The highest BCUT2D eigenvalue weighted by atomic mass is 32.1. The standard InChI is InChI=1S/C50H32N2S/c1-2-12-36-31-48-45(30-35(36)11-1)43-15-5-7-18-47(43)52(48)39-26-24-38(25-27-39)51(40-28-29-50-46(32-40)44-16-6-8-19-49(44)53-50)37-22-20-34(21-23-37)42-17-9-13-33-10-3-4-14-41(33)42/h1-32H. The summed E-state index contributed by atoms with van der Waals surface area (Å²) in [5.74, 6) is 0. The van der Waals surface area contributed by atoms with E-state index in [1.54, 1.807) is 0 Å². The van der Waals surface area contributed by atoms with Crippen molar-refractivity contribution in [3.05, 3.63) is 194 Å². The lowest BCUT2D eigenvalue weighted by atomic mass is 9.98. The molecule has 3 heteroatoms. The van der Waals surface area contributed by atoms with E-state index >= 15 is 0 Å². The predicted molar refractivity (Wildman–Crippen MR) is 229 cm³/mol. The van der Waals surface area contributed by atoms with Crippen molar-refractivity contribution in [3.63, 3.8) is 0 Å². The van der Waals surface area contributed by atoms with Gasteiger partial charge in [0.1, 0.15) is 0 Å². The maximum atomic E-state index is 2.41. The van der Waals surface area contributed by atoms with Crippen molar-refractivity contribution in [2.24, 2.45) is 0 Å². The number of anilines is 3. The summed E-state index contributed by atoms with van der Waals surface area (Å²) in [6, 6.07) is 71.0. The number of aromatic nitrogens is 1. The van der Waals surface area contributed by atoms with Crippen LogP contribution >= 0.6 is 11.3 Å². The van der Waals surface area contributed by atoms with Crippen LogP contribution in [0.4, 0.5) is 17.1 Å². The second kappa shape index (κ2) is 11.9. The molecule has 0 aliphatic rings. The molecular weight excluding hydrogens is 661 g/mol. The summed E-state index contributed by atoms with van der Waals surface area (Å²) in [5.41, 5.74) is 9.38. The highest BCUT2D eigenvalue weighted by molar-refractivity contribution is 7.25. The third-order valence-corrected chi connectivity index (χ3v) is 11.9. The molecule has 0 bridgehead atoms. The first kappa shape index (κ1) is 30.0. The highest BCUT2D eigenvalue weighted by Gasteiger charge is 2.18. The van der Waals surface area contributed by atoms with Crippen LogP contribution in [0.5, 0.6) is 0 Å². The Balaban J connectivity index is 1.07. The average Bonchev–Trinajstić information content (AvgIpc) is 3.75. The molecule has 0 N–H and O–H groups in total. The minimum Gasteiger partial charge on any atom is -0.310 e. The smallest absolute Gasteiger partial charge is 0.0547 e. The van der Waals surface area contributed by atoms with Gasteiger partial charge in [-0.15, -0.1) is 11.3 Å². The van der Waals surface area contributed by atoms with Gasteiger partial charge in [0, 0.05) is 53.7 Å². The van der Waals surface area contributed by atoms with Gasteiger partial charge in [0.05, 0.1) is 11.0 Å². The molecule has 0 saturated carbocycles. The summed E-state index contributed by atoms with van der Waals surface area (Å²) in [7, 11) is 0. The van der Waals surface area contributed by atoms with Gasteiger partial charge >= 0.3 is 0 Å². The topological polar surface area (TPSA) is 8.17 Å². The number of para-hydroxylation sites is 1. The number of hydrogen-bond acceptors (Lipinski definition) is 2. The number of fused-ring (bicyclic) bond motifs is 8. The lowest BCUT2D eigenvalue weighted by Crippen LogP contribution is -2.10. The van der Waals surface area contributed by atoms with Gasteiger partial charge in [-0.2, -0.15) is 0 Å². The Morgan fingerprint density at radius 1 is 0.358 bits per heavy atom. The van der Waals surface area contributed by atoms with Gasteiger partial charge in [-0.3, -0.25) is 0 Å². The molecular formula is C50H32N2S. The summed E-state index contributed by atoms with van der Waals surface area (Å²) in [6.45, 7) is 0. The molecule has 0 unspecified atom stereocenters. The van der Waals surface area contributed by atoms with Crippen LogP contribution in [0.2, 0.25) is 0 Å². The van der Waals surface area contributed by atoms with Gasteiger partial charge in [0.2, 0.25) is 0 Å². The van der Waals surface area contributed by atoms with Crippen LogP contribution in [0.3, 0.4) is 0 Å². The van der Waals surface area contributed by atoms with Crippen LogP contribution < -0.4 is 4.90 Å². The maximum Gasteiger partial charge on any atom is 0.0547 e. The quantitative estimate of drug-likeness (QED) is 0.174. The van der Waals surface area contributed by atoms with E-state index in [1.165, 1.54) is 74.6 Å². The second-order valence-corrected chi connectivity index (χ2v) is 14.9. The molecule has 0 saturated heterocycles. The number of hydrogen-bond donors (Lipinski definition) is 0. The van der Waals surface area contributed by atoms with Crippen LogP contribution in [0.1, 0.15) is 0 Å². The molecule has 11 rings (SSSR count). The van der Waals surface area contributed by atoms with Crippen LogP contribution in [0, 0.1) is 0 Å². The molecule has 2 aromatic heterocycles. The Hall–Kier alpha value is -6.68. The fourth-order valence-corrected chi connectivity index (χ4v) is 9.34. The molecule has 2 heterocycles. The van der Waals surface area contributed by atoms with Crippen molar-refractivity contribution in [1.29, 1.82) is 0 Å². The molecule has 0 radical (unpaired) electrons. The molecule has 53 heavy (non-hydrogen) atoms. The van der Waals surface area contributed by atoms with Gasteiger partial charge in [0.25, 0.3) is 0 Å². The normalized spacial score (nSPS) is 11.8. The highest BCUT2D eigenvalue weighted by Crippen LogP contribution is 2.42. The minimum absolute atomic E-state index is 1.11. The third kappa shape index (κ3) is 4.86. The first-order chi connectivity index (χ1) is 26.3. The van der Waals surface area contributed by atoms with Crippen molar-refractivity contribution >= 4 is 91.9 Å². The van der Waals surface area contributed by atoms with Crippen LogP contribution in [0.15, 0.2) is 194 Å². The molecule has 0 amide bonds. The number of rotatable bonds is 5. The monoisotopic (exact) mass is 692 g/mol. The maximum absolute atomic E-state index is 2.41. The Morgan fingerprint density at radius 3 is 1.77 bits per heavy atom. The zero-order chi connectivity index (χ0) is 34.9. The lowest BCUT2D eigenvalue weighted by Gasteiger charge is -2.26. The number of nitrogens with zero attached hydrogens (tertiary/aromatic N) is 2. The molecule has 0 aliphatic carbocycles.